The van der Waals surface area contributed by atoms with Crippen LogP contribution >= 0.6 is 0 Å². The number of hydrogen-bond donors (Lipinski definition) is 3. The molecule has 1 aromatic rings. The van der Waals surface area contributed by atoms with E-state index in [1.807, 2.05) is 0 Å². The summed E-state index contributed by atoms with van der Waals surface area (Å²) in [6.45, 7) is 1.42. The highest BCUT2D eigenvalue weighted by atomic mass is 16.3. The molecule has 0 aromatic heterocycles. The van der Waals surface area contributed by atoms with Crippen LogP contribution in [-0.2, 0) is 0 Å². The largest absolute Gasteiger partial charge is 0.505 e. The Morgan fingerprint density at radius 2 is 1.96 bits per heavy atom. The van der Waals surface area contributed by atoms with Gasteiger partial charge in [-0.25, -0.2) is 4.99 Å². The molecule has 7 nitrogen and oxygen atoms in total. The number of guanidine groups is 2. The monoisotopic (exact) mass is 315 g/mol. The Balaban J connectivity index is 2.15. The highest BCUT2D eigenvalue weighted by Gasteiger charge is 2.43. The van der Waals surface area contributed by atoms with Crippen molar-refractivity contribution in [2.24, 2.45) is 21.5 Å². The lowest BCUT2D eigenvalue weighted by Gasteiger charge is -2.45. The zero-order valence-corrected chi connectivity index (χ0v) is 13.1. The molecule has 1 fully saturated rings. The Morgan fingerprint density at radius 3 is 2.61 bits per heavy atom. The van der Waals surface area contributed by atoms with Crippen LogP contribution in [0.4, 0.5) is 5.69 Å². The predicted octanol–water partition coefficient (Wildman–Crippen LogP) is 1.70. The Hall–Kier alpha value is -2.57. The summed E-state index contributed by atoms with van der Waals surface area (Å²) in [5, 5.41) is 10.6. The van der Waals surface area contributed by atoms with Crippen LogP contribution < -0.4 is 16.4 Å². The number of nitrogens with zero attached hydrogens (tertiary/aromatic N) is 3. The molecule has 2 aliphatic rings. The molecule has 0 radical (unpaired) electrons. The topological polar surface area (TPSA) is 117 Å². The number of rotatable bonds is 2. The number of phenolic OH excluding ortho intramolecular Hbond substituents is 1. The van der Waals surface area contributed by atoms with Crippen LogP contribution in [0.25, 0.3) is 0 Å². The van der Waals surface area contributed by atoms with E-state index in [-0.39, 0.29) is 29.0 Å². The van der Waals surface area contributed by atoms with Gasteiger partial charge >= 0.3 is 0 Å². The lowest BCUT2D eigenvalue weighted by atomic mass is 9.87. The van der Waals surface area contributed by atoms with E-state index < -0.39 is 5.66 Å². The summed E-state index contributed by atoms with van der Waals surface area (Å²) in [5.41, 5.74) is 12.0. The van der Waals surface area contributed by atoms with Crippen molar-refractivity contribution in [2.75, 3.05) is 4.90 Å². The molecule has 7 heteroatoms. The molecule has 1 aliphatic carbocycles. The molecule has 0 amide bonds. The number of benzene rings is 1. The number of Topliss-reactive ketones (excluding diaryl/α,β-unsaturated/α-hetero) is 1. The Kier molecular flexibility index (Phi) is 3.71. The van der Waals surface area contributed by atoms with Gasteiger partial charge in [0.1, 0.15) is 11.4 Å². The summed E-state index contributed by atoms with van der Waals surface area (Å²) >= 11 is 0. The maximum Gasteiger partial charge on any atom is 0.220 e. The summed E-state index contributed by atoms with van der Waals surface area (Å²) in [6, 6.07) is 5.03. The van der Waals surface area contributed by atoms with Gasteiger partial charge in [-0.15, -0.1) is 0 Å². The van der Waals surface area contributed by atoms with E-state index in [2.05, 4.69) is 9.98 Å². The first-order valence-corrected chi connectivity index (χ1v) is 7.77. The fourth-order valence-corrected chi connectivity index (χ4v) is 3.47. The third kappa shape index (κ3) is 2.52. The first-order valence-electron chi connectivity index (χ1n) is 7.77. The molecule has 122 valence electrons. The van der Waals surface area contributed by atoms with Gasteiger partial charge in [-0.1, -0.05) is 12.5 Å². The molecule has 1 aliphatic heterocycles. The van der Waals surface area contributed by atoms with Crippen molar-refractivity contribution in [3.63, 3.8) is 0 Å². The second kappa shape index (κ2) is 5.57. The number of phenols is 1. The molecule has 1 spiro atoms. The molecular formula is C16H21N5O2. The van der Waals surface area contributed by atoms with Gasteiger partial charge in [-0.3, -0.25) is 9.69 Å². The number of para-hydroxylation sites is 1. The normalized spacial score (nSPS) is 20.1. The molecule has 1 saturated carbocycles. The van der Waals surface area contributed by atoms with Crippen LogP contribution in [0, 0.1) is 0 Å². The van der Waals surface area contributed by atoms with E-state index in [0.717, 1.165) is 32.1 Å². The van der Waals surface area contributed by atoms with E-state index in [4.69, 9.17) is 11.5 Å². The molecule has 23 heavy (non-hydrogen) atoms. The zero-order valence-electron chi connectivity index (χ0n) is 13.1. The van der Waals surface area contributed by atoms with Gasteiger partial charge in [0.15, 0.2) is 5.78 Å². The molecule has 0 bridgehead atoms. The number of aromatic hydroxyl groups is 1. The molecule has 5 N–H and O–H groups in total. The van der Waals surface area contributed by atoms with Gasteiger partial charge in [-0.2, -0.15) is 4.99 Å². The van der Waals surface area contributed by atoms with Crippen LogP contribution in [0.5, 0.6) is 5.75 Å². The number of hydrogen-bond acceptors (Lipinski definition) is 7. The second-order valence-electron chi connectivity index (χ2n) is 6.05. The molecule has 0 saturated heterocycles. The predicted molar refractivity (Wildman–Crippen MR) is 89.7 cm³/mol. The molecular weight excluding hydrogens is 294 g/mol. The van der Waals surface area contributed by atoms with Gasteiger partial charge in [0.25, 0.3) is 0 Å². The highest BCUT2D eigenvalue weighted by Crippen LogP contribution is 2.43. The van der Waals surface area contributed by atoms with Crippen molar-refractivity contribution < 1.29 is 9.90 Å². The van der Waals surface area contributed by atoms with Crippen molar-refractivity contribution in [3.8, 4) is 5.75 Å². The first kappa shape index (κ1) is 15.3. The van der Waals surface area contributed by atoms with E-state index in [0.29, 0.717) is 5.69 Å². The van der Waals surface area contributed by atoms with Crippen LogP contribution in [0.3, 0.4) is 0 Å². The number of ketones is 1. The number of nitrogens with two attached hydrogens (primary N) is 2. The molecule has 1 heterocycles. The van der Waals surface area contributed by atoms with Crippen LogP contribution in [0.2, 0.25) is 0 Å². The van der Waals surface area contributed by atoms with E-state index in [1.54, 1.807) is 23.1 Å². The van der Waals surface area contributed by atoms with Crippen molar-refractivity contribution in [1.82, 2.24) is 0 Å². The fraction of sp³-hybridized carbons (Fsp3) is 0.438. The maximum absolute atomic E-state index is 11.7. The minimum absolute atomic E-state index is 0.0984. The average molecular weight is 315 g/mol. The van der Waals surface area contributed by atoms with Gasteiger partial charge in [-0.05, 0) is 44.7 Å². The number of carbonyl (C=O) groups excluding carboxylic acids is 1. The number of anilines is 1. The summed E-state index contributed by atoms with van der Waals surface area (Å²) < 4.78 is 0. The van der Waals surface area contributed by atoms with Gasteiger partial charge in [0, 0.05) is 0 Å². The average Bonchev–Trinajstić information content (AvgIpc) is 2.48. The summed E-state index contributed by atoms with van der Waals surface area (Å²) in [6.07, 6.45) is 4.66. The Morgan fingerprint density at radius 1 is 1.26 bits per heavy atom. The smallest absolute Gasteiger partial charge is 0.220 e. The SMILES string of the molecule is CC(=O)c1cccc(N2C(N)=NC(N)=NC23CCCCC3)c1O. The van der Waals surface area contributed by atoms with Crippen LogP contribution in [0.1, 0.15) is 49.4 Å². The van der Waals surface area contributed by atoms with Gasteiger partial charge in [0.2, 0.25) is 11.9 Å². The van der Waals surface area contributed by atoms with Crippen molar-refractivity contribution in [1.29, 1.82) is 0 Å². The third-order valence-corrected chi connectivity index (χ3v) is 4.49. The summed E-state index contributed by atoms with van der Waals surface area (Å²) in [5.74, 6) is 0.0367. The summed E-state index contributed by atoms with van der Waals surface area (Å²) in [7, 11) is 0. The highest BCUT2D eigenvalue weighted by molar-refractivity contribution is 6.08. The van der Waals surface area contributed by atoms with E-state index in [9.17, 15) is 9.90 Å². The Labute approximate surface area is 134 Å². The second-order valence-corrected chi connectivity index (χ2v) is 6.05. The van der Waals surface area contributed by atoms with Crippen molar-refractivity contribution in [3.05, 3.63) is 23.8 Å². The van der Waals surface area contributed by atoms with Gasteiger partial charge < -0.3 is 16.6 Å². The van der Waals surface area contributed by atoms with Crippen LogP contribution in [-0.4, -0.2) is 28.5 Å². The lowest BCUT2D eigenvalue weighted by molar-refractivity contribution is 0.101. The first-order chi connectivity index (χ1) is 10.9. The molecule has 0 atom stereocenters. The minimum atomic E-state index is -0.638. The van der Waals surface area contributed by atoms with E-state index >= 15 is 0 Å². The minimum Gasteiger partial charge on any atom is -0.505 e. The molecule has 1 aromatic carbocycles. The van der Waals surface area contributed by atoms with E-state index in [1.165, 1.54) is 6.92 Å². The summed E-state index contributed by atoms with van der Waals surface area (Å²) in [4.78, 5) is 22.1. The van der Waals surface area contributed by atoms with Crippen molar-refractivity contribution >= 4 is 23.4 Å². The molecule has 0 unspecified atom stereocenters. The zero-order chi connectivity index (χ0) is 16.6. The Bertz CT molecular complexity index is 704. The number of carbonyl (C=O) groups is 1. The standard InChI is InChI=1S/C16H21N5O2/c1-10(22)11-6-5-7-12(13(11)23)21-15(18)19-14(17)20-16(21)8-3-2-4-9-16/h5-7,23H,2-4,8-9H2,1H3,(H4,17,18,19,20). The van der Waals surface area contributed by atoms with Crippen molar-refractivity contribution in [2.45, 2.75) is 44.7 Å². The number of aliphatic imine (C=N–C) groups is 2. The molecule has 3 rings (SSSR count). The third-order valence-electron chi connectivity index (χ3n) is 4.49. The fourth-order valence-electron chi connectivity index (χ4n) is 3.47. The quantitative estimate of drug-likeness (QED) is 0.718. The lowest BCUT2D eigenvalue weighted by Crippen LogP contribution is -2.58. The maximum atomic E-state index is 11.7. The van der Waals surface area contributed by atoms with Crippen LogP contribution in [0.15, 0.2) is 28.2 Å². The van der Waals surface area contributed by atoms with Gasteiger partial charge in [0.05, 0.1) is 11.3 Å².